The van der Waals surface area contributed by atoms with Crippen molar-refractivity contribution < 1.29 is 19.0 Å². The molecule has 1 aliphatic rings. The number of carbonyl (C=O) groups excluding carboxylic acids is 1. The van der Waals surface area contributed by atoms with Gasteiger partial charge >= 0.3 is 0 Å². The zero-order valence-corrected chi connectivity index (χ0v) is 18.8. The topological polar surface area (TPSA) is 60.4 Å². The van der Waals surface area contributed by atoms with Crippen molar-refractivity contribution in [3.63, 3.8) is 0 Å². The minimum Gasteiger partial charge on any atom is -0.497 e. The lowest BCUT2D eigenvalue weighted by molar-refractivity contribution is 0.0711. The normalized spacial score (nSPS) is 15.3. The monoisotopic (exact) mass is 450 g/mol. The molecule has 1 aliphatic heterocycles. The maximum Gasteiger partial charge on any atom is 0.276 e. The molecule has 0 aromatic heterocycles. The van der Waals surface area contributed by atoms with Crippen molar-refractivity contribution in [1.82, 2.24) is 5.01 Å². The molecule has 0 saturated heterocycles. The first-order chi connectivity index (χ1) is 15.5. The molecule has 0 fully saturated rings. The highest BCUT2D eigenvalue weighted by Gasteiger charge is 2.34. The van der Waals surface area contributed by atoms with E-state index in [2.05, 4.69) is 0 Å². The highest BCUT2D eigenvalue weighted by molar-refractivity contribution is 6.33. The number of ether oxygens (including phenoxy) is 3. The van der Waals surface area contributed by atoms with Gasteiger partial charge in [-0.1, -0.05) is 35.9 Å². The predicted molar refractivity (Wildman–Crippen MR) is 124 cm³/mol. The van der Waals surface area contributed by atoms with Gasteiger partial charge in [0.2, 0.25) is 0 Å². The summed E-state index contributed by atoms with van der Waals surface area (Å²) in [7, 11) is 4.80. The van der Waals surface area contributed by atoms with Crippen LogP contribution in [0.25, 0.3) is 0 Å². The lowest BCUT2D eigenvalue weighted by atomic mass is 9.97. The molecule has 1 atom stereocenters. The summed E-state index contributed by atoms with van der Waals surface area (Å²) >= 11 is 6.31. The summed E-state index contributed by atoms with van der Waals surface area (Å²) in [6.07, 6.45) is 0.540. The van der Waals surface area contributed by atoms with E-state index in [1.807, 2.05) is 42.5 Å². The molecular formula is C25H23ClN2O4. The van der Waals surface area contributed by atoms with Crippen LogP contribution in [0.2, 0.25) is 5.02 Å². The molecule has 32 heavy (non-hydrogen) atoms. The Labute approximate surface area is 192 Å². The zero-order valence-electron chi connectivity index (χ0n) is 18.0. The number of benzene rings is 3. The first-order valence-electron chi connectivity index (χ1n) is 10.1. The Balaban J connectivity index is 1.75. The Kier molecular flexibility index (Phi) is 6.32. The number of hydrogen-bond acceptors (Lipinski definition) is 5. The van der Waals surface area contributed by atoms with Crippen LogP contribution in [0.3, 0.4) is 0 Å². The van der Waals surface area contributed by atoms with Crippen LogP contribution >= 0.6 is 11.6 Å². The number of halogens is 1. The highest BCUT2D eigenvalue weighted by Crippen LogP contribution is 2.37. The van der Waals surface area contributed by atoms with Gasteiger partial charge < -0.3 is 14.2 Å². The summed E-state index contributed by atoms with van der Waals surface area (Å²) in [5, 5.41) is 6.62. The lowest BCUT2D eigenvalue weighted by Gasteiger charge is -2.22. The molecule has 7 heteroatoms. The standard InChI is InChI=1S/C25H23ClN2O4/c1-30-18-11-8-16(9-12-18)22-15-21(17-10-13-23(31-2)24(14-17)32-3)27-28(22)25(29)19-6-4-5-7-20(19)26/h4-14,22H,15H2,1-3H3/t22-/m0/s1. The Hall–Kier alpha value is -3.51. The maximum absolute atomic E-state index is 13.4. The molecule has 0 saturated carbocycles. The van der Waals surface area contributed by atoms with Crippen LogP contribution in [0.5, 0.6) is 17.2 Å². The third-order valence-corrected chi connectivity index (χ3v) is 5.77. The average Bonchev–Trinajstić information content (AvgIpc) is 3.29. The van der Waals surface area contributed by atoms with Gasteiger partial charge in [0, 0.05) is 12.0 Å². The smallest absolute Gasteiger partial charge is 0.276 e. The summed E-state index contributed by atoms with van der Waals surface area (Å²) < 4.78 is 16.1. The van der Waals surface area contributed by atoms with E-state index < -0.39 is 0 Å². The average molecular weight is 451 g/mol. The minimum atomic E-state index is -0.284. The molecule has 3 aromatic rings. The molecule has 4 rings (SSSR count). The number of amides is 1. The van der Waals surface area contributed by atoms with Crippen molar-refractivity contribution in [2.24, 2.45) is 5.10 Å². The second-order valence-corrected chi connectivity index (χ2v) is 7.65. The summed E-state index contributed by atoms with van der Waals surface area (Å²) in [4.78, 5) is 13.4. The molecule has 1 amide bonds. The maximum atomic E-state index is 13.4. The molecule has 3 aromatic carbocycles. The fraction of sp³-hybridized carbons (Fsp3) is 0.200. The second kappa shape index (κ2) is 9.32. The summed E-state index contributed by atoms with van der Waals surface area (Å²) in [5.74, 6) is 1.72. The van der Waals surface area contributed by atoms with Crippen molar-refractivity contribution in [1.29, 1.82) is 0 Å². The van der Waals surface area contributed by atoms with E-state index in [-0.39, 0.29) is 11.9 Å². The number of hydrogen-bond donors (Lipinski definition) is 0. The van der Waals surface area contributed by atoms with Gasteiger partial charge in [0.25, 0.3) is 5.91 Å². The summed E-state index contributed by atoms with van der Waals surface area (Å²) in [6.45, 7) is 0. The number of methoxy groups -OCH3 is 3. The van der Waals surface area contributed by atoms with Crippen molar-refractivity contribution in [2.75, 3.05) is 21.3 Å². The van der Waals surface area contributed by atoms with E-state index in [0.717, 1.165) is 22.6 Å². The molecule has 1 heterocycles. The van der Waals surface area contributed by atoms with Gasteiger partial charge in [-0.15, -0.1) is 0 Å². The SMILES string of the molecule is COc1ccc([C@@H]2CC(c3ccc(OC)c(OC)c3)=NN2C(=O)c2ccccc2Cl)cc1. The van der Waals surface area contributed by atoms with Crippen LogP contribution in [0.15, 0.2) is 71.8 Å². The van der Waals surface area contributed by atoms with Gasteiger partial charge in [0.05, 0.1) is 43.7 Å². The van der Waals surface area contributed by atoms with Gasteiger partial charge in [-0.2, -0.15) is 5.10 Å². The first kappa shape index (κ1) is 21.7. The fourth-order valence-corrected chi connectivity index (χ4v) is 3.95. The molecule has 0 N–H and O–H groups in total. The summed E-state index contributed by atoms with van der Waals surface area (Å²) in [6, 6.07) is 20.0. The quantitative estimate of drug-likeness (QED) is 0.507. The molecule has 0 unspecified atom stereocenters. The Bertz CT molecular complexity index is 1160. The molecule has 0 bridgehead atoms. The van der Waals surface area contributed by atoms with Crippen molar-refractivity contribution >= 4 is 23.2 Å². The van der Waals surface area contributed by atoms with E-state index in [0.29, 0.717) is 28.5 Å². The van der Waals surface area contributed by atoms with E-state index in [9.17, 15) is 4.79 Å². The van der Waals surface area contributed by atoms with Crippen LogP contribution < -0.4 is 14.2 Å². The largest absolute Gasteiger partial charge is 0.497 e. The fourth-order valence-electron chi connectivity index (χ4n) is 3.73. The van der Waals surface area contributed by atoms with Crippen molar-refractivity contribution in [3.8, 4) is 17.2 Å². The second-order valence-electron chi connectivity index (χ2n) is 7.24. The van der Waals surface area contributed by atoms with Crippen molar-refractivity contribution in [2.45, 2.75) is 12.5 Å². The lowest BCUT2D eigenvalue weighted by Crippen LogP contribution is -2.27. The molecule has 164 valence electrons. The zero-order chi connectivity index (χ0) is 22.7. The highest BCUT2D eigenvalue weighted by atomic mass is 35.5. The predicted octanol–water partition coefficient (Wildman–Crippen LogP) is 5.36. The van der Waals surface area contributed by atoms with Crippen molar-refractivity contribution in [3.05, 3.63) is 88.4 Å². The Morgan fingerprint density at radius 3 is 2.31 bits per heavy atom. The molecule has 0 aliphatic carbocycles. The van der Waals surface area contributed by atoms with Gasteiger partial charge in [-0.3, -0.25) is 4.79 Å². The molecule has 0 spiro atoms. The first-order valence-corrected chi connectivity index (χ1v) is 10.5. The molecule has 6 nitrogen and oxygen atoms in total. The van der Waals surface area contributed by atoms with Crippen LogP contribution in [0, 0.1) is 0 Å². The Morgan fingerprint density at radius 2 is 1.66 bits per heavy atom. The van der Waals surface area contributed by atoms with Crippen LogP contribution in [-0.4, -0.2) is 38.0 Å². The van der Waals surface area contributed by atoms with Gasteiger partial charge in [0.1, 0.15) is 5.75 Å². The third kappa shape index (κ3) is 4.14. The van der Waals surface area contributed by atoms with Gasteiger partial charge in [0.15, 0.2) is 11.5 Å². The summed E-state index contributed by atoms with van der Waals surface area (Å²) in [5.41, 5.74) is 2.98. The third-order valence-electron chi connectivity index (χ3n) is 5.44. The van der Waals surface area contributed by atoms with Gasteiger partial charge in [-0.25, -0.2) is 5.01 Å². The molecular weight excluding hydrogens is 428 g/mol. The number of carbonyl (C=O) groups is 1. The van der Waals surface area contributed by atoms with E-state index >= 15 is 0 Å². The van der Waals surface area contributed by atoms with Crippen LogP contribution in [0.1, 0.15) is 33.9 Å². The number of hydrazone groups is 1. The van der Waals surface area contributed by atoms with E-state index in [4.69, 9.17) is 30.9 Å². The molecule has 0 radical (unpaired) electrons. The van der Waals surface area contributed by atoms with E-state index in [1.54, 1.807) is 45.6 Å². The Morgan fingerprint density at radius 1 is 0.938 bits per heavy atom. The van der Waals surface area contributed by atoms with Crippen LogP contribution in [0.4, 0.5) is 0 Å². The number of nitrogens with zero attached hydrogens (tertiary/aromatic N) is 2. The van der Waals surface area contributed by atoms with E-state index in [1.165, 1.54) is 5.01 Å². The number of rotatable bonds is 6. The van der Waals surface area contributed by atoms with Gasteiger partial charge in [-0.05, 0) is 48.0 Å². The van der Waals surface area contributed by atoms with Crippen LogP contribution in [-0.2, 0) is 0 Å². The minimum absolute atomic E-state index is 0.258.